The van der Waals surface area contributed by atoms with Gasteiger partial charge in [-0.15, -0.1) is 0 Å². The maximum absolute atomic E-state index is 13.2. The minimum absolute atomic E-state index is 0.118. The van der Waals surface area contributed by atoms with Crippen LogP contribution in [0.25, 0.3) is 11.1 Å². The Balaban J connectivity index is 1.59. The second-order valence-corrected chi connectivity index (χ2v) is 7.40. The molecule has 8 nitrogen and oxygen atoms in total. The Morgan fingerprint density at radius 1 is 0.939 bits per heavy atom. The normalized spacial score (nSPS) is 14.5. The van der Waals surface area contributed by atoms with E-state index in [1.54, 1.807) is 5.32 Å². The van der Waals surface area contributed by atoms with Gasteiger partial charge in [-0.2, -0.15) is 13.2 Å². The van der Waals surface area contributed by atoms with Gasteiger partial charge in [0.05, 0.1) is 6.54 Å². The number of halogens is 3. The first-order valence-electron chi connectivity index (χ1n) is 9.93. The molecule has 1 aliphatic rings. The zero-order valence-corrected chi connectivity index (χ0v) is 17.1. The third-order valence-electron chi connectivity index (χ3n) is 5.26. The predicted octanol–water partition coefficient (Wildman–Crippen LogP) is 2.27. The molecule has 4 N–H and O–H groups in total. The zero-order chi connectivity index (χ0) is 24.2. The number of aliphatic hydroxyl groups is 1. The zero-order valence-electron chi connectivity index (χ0n) is 17.1. The third kappa shape index (κ3) is 5.61. The summed E-state index contributed by atoms with van der Waals surface area (Å²) in [6.07, 6.45) is -8.21. The summed E-state index contributed by atoms with van der Waals surface area (Å²) in [6, 6.07) is 15.1. The summed E-state index contributed by atoms with van der Waals surface area (Å²) in [7, 11) is 0. The van der Waals surface area contributed by atoms with Crippen molar-refractivity contribution in [2.24, 2.45) is 5.92 Å². The number of carboxylic acids is 1. The minimum atomic E-state index is -5.02. The van der Waals surface area contributed by atoms with Crippen LogP contribution in [-0.4, -0.2) is 60.2 Å². The summed E-state index contributed by atoms with van der Waals surface area (Å²) in [4.78, 5) is 34.5. The topological polar surface area (TPSA) is 125 Å². The Bertz CT molecular complexity index is 997. The Kier molecular flexibility index (Phi) is 7.22. The summed E-state index contributed by atoms with van der Waals surface area (Å²) < 4.78 is 44.8. The number of ether oxygens (including phenoxy) is 1. The van der Waals surface area contributed by atoms with E-state index in [0.717, 1.165) is 22.3 Å². The average molecular weight is 466 g/mol. The van der Waals surface area contributed by atoms with Crippen LogP contribution in [0.5, 0.6) is 0 Å². The predicted molar refractivity (Wildman–Crippen MR) is 109 cm³/mol. The first-order valence-corrected chi connectivity index (χ1v) is 9.93. The van der Waals surface area contributed by atoms with E-state index < -0.39 is 49.3 Å². The lowest BCUT2D eigenvalue weighted by atomic mass is 9.98. The van der Waals surface area contributed by atoms with Gasteiger partial charge >= 0.3 is 18.2 Å². The molecule has 11 heteroatoms. The summed E-state index contributed by atoms with van der Waals surface area (Å²) in [5, 5.41) is 21.3. The van der Waals surface area contributed by atoms with Gasteiger partial charge in [-0.25, -0.2) is 9.59 Å². The van der Waals surface area contributed by atoms with Crippen molar-refractivity contribution < 1.29 is 42.5 Å². The van der Waals surface area contributed by atoms with Crippen molar-refractivity contribution in [1.29, 1.82) is 0 Å². The molecule has 0 aromatic heterocycles. The highest BCUT2D eigenvalue weighted by Crippen LogP contribution is 2.44. The fourth-order valence-electron chi connectivity index (χ4n) is 3.60. The van der Waals surface area contributed by atoms with Crippen molar-refractivity contribution in [3.8, 4) is 11.1 Å². The molecule has 3 rings (SSSR count). The number of hydrogen-bond acceptors (Lipinski definition) is 5. The fraction of sp³-hybridized carbons (Fsp3) is 0.318. The number of alkyl halides is 3. The number of carbonyl (C=O) groups excluding carboxylic acids is 2. The number of benzene rings is 2. The number of aliphatic hydroxyl groups excluding tert-OH is 1. The van der Waals surface area contributed by atoms with E-state index in [0.29, 0.717) is 0 Å². The van der Waals surface area contributed by atoms with Gasteiger partial charge in [0, 0.05) is 12.5 Å². The molecule has 176 valence electrons. The van der Waals surface area contributed by atoms with Gasteiger partial charge in [-0.3, -0.25) is 4.79 Å². The molecular weight excluding hydrogens is 445 g/mol. The standard InChI is InChI=1S/C22H21F3N2O6/c23-22(24,25)17(19(29)26-10-18(28)20(30)31)9-27-21(32)33-11-16-14-7-3-1-5-12(14)13-6-2-4-8-15(13)16/h1-8,16-18,28H,9-11H2,(H,26,29)(H,27,32)(H,30,31)/t17?,18-/m0/s1. The van der Waals surface area contributed by atoms with Crippen LogP contribution in [0.3, 0.4) is 0 Å². The number of carboxylic acid groups (broad SMARTS) is 1. The highest BCUT2D eigenvalue weighted by molar-refractivity contribution is 5.82. The molecule has 2 aromatic carbocycles. The van der Waals surface area contributed by atoms with Crippen LogP contribution >= 0.6 is 0 Å². The fourth-order valence-corrected chi connectivity index (χ4v) is 3.60. The molecule has 1 unspecified atom stereocenters. The first-order chi connectivity index (χ1) is 15.6. The van der Waals surface area contributed by atoms with Gasteiger partial charge in [-0.1, -0.05) is 48.5 Å². The molecule has 0 saturated carbocycles. The lowest BCUT2D eigenvalue weighted by Gasteiger charge is -2.21. The second kappa shape index (κ2) is 9.90. The maximum Gasteiger partial charge on any atom is 0.407 e. The van der Waals surface area contributed by atoms with Crippen molar-refractivity contribution in [3.63, 3.8) is 0 Å². The Hall–Kier alpha value is -3.60. The molecule has 33 heavy (non-hydrogen) atoms. The van der Waals surface area contributed by atoms with Crippen molar-refractivity contribution in [2.75, 3.05) is 19.7 Å². The van der Waals surface area contributed by atoms with Crippen molar-refractivity contribution in [2.45, 2.75) is 18.2 Å². The molecule has 2 amide bonds. The minimum Gasteiger partial charge on any atom is -0.479 e. The van der Waals surface area contributed by atoms with Gasteiger partial charge in [0.1, 0.15) is 6.61 Å². The molecule has 2 aromatic rings. The van der Waals surface area contributed by atoms with Crippen molar-refractivity contribution in [3.05, 3.63) is 59.7 Å². The van der Waals surface area contributed by atoms with Gasteiger partial charge in [0.15, 0.2) is 12.0 Å². The molecule has 1 aliphatic carbocycles. The number of hydrogen-bond donors (Lipinski definition) is 4. The Labute approximate surface area is 186 Å². The summed E-state index contributed by atoms with van der Waals surface area (Å²) >= 11 is 0. The Morgan fingerprint density at radius 3 is 2.00 bits per heavy atom. The van der Waals surface area contributed by atoms with E-state index in [9.17, 15) is 27.6 Å². The quantitative estimate of drug-likeness (QED) is 0.473. The van der Waals surface area contributed by atoms with E-state index in [2.05, 4.69) is 0 Å². The molecule has 0 bridgehead atoms. The number of carbonyl (C=O) groups is 3. The van der Waals surface area contributed by atoms with Crippen LogP contribution in [0.1, 0.15) is 17.0 Å². The molecule has 0 radical (unpaired) electrons. The number of rotatable bonds is 8. The molecule has 2 atom stereocenters. The molecule has 0 fully saturated rings. The highest BCUT2D eigenvalue weighted by Gasteiger charge is 2.45. The van der Waals surface area contributed by atoms with Gasteiger partial charge in [0.2, 0.25) is 5.91 Å². The summed E-state index contributed by atoms with van der Waals surface area (Å²) in [5.41, 5.74) is 3.82. The lowest BCUT2D eigenvalue weighted by Crippen LogP contribution is -2.48. The number of alkyl carbamates (subject to hydrolysis) is 1. The van der Waals surface area contributed by atoms with Crippen LogP contribution in [0.2, 0.25) is 0 Å². The molecular formula is C22H21F3N2O6. The molecule has 0 heterocycles. The highest BCUT2D eigenvalue weighted by atomic mass is 19.4. The SMILES string of the molecule is O=C(NCC(C(=O)NC[C@H](O)C(=O)O)C(F)(F)F)OCC1c2ccccc2-c2ccccc21. The van der Waals surface area contributed by atoms with Crippen LogP contribution in [0.15, 0.2) is 48.5 Å². The van der Waals surface area contributed by atoms with Crippen molar-refractivity contribution >= 4 is 18.0 Å². The van der Waals surface area contributed by atoms with Crippen LogP contribution in [0.4, 0.5) is 18.0 Å². The van der Waals surface area contributed by atoms with E-state index in [1.165, 1.54) is 0 Å². The van der Waals surface area contributed by atoms with Gasteiger partial charge < -0.3 is 25.6 Å². The number of nitrogens with one attached hydrogen (secondary N) is 2. The maximum atomic E-state index is 13.2. The van der Waals surface area contributed by atoms with Crippen molar-refractivity contribution in [1.82, 2.24) is 10.6 Å². The van der Waals surface area contributed by atoms with Gasteiger partial charge in [-0.05, 0) is 22.3 Å². The van der Waals surface area contributed by atoms with Crippen LogP contribution < -0.4 is 10.6 Å². The number of fused-ring (bicyclic) bond motifs is 3. The van der Waals surface area contributed by atoms with Gasteiger partial charge in [0.25, 0.3) is 0 Å². The molecule has 0 aliphatic heterocycles. The molecule has 0 spiro atoms. The lowest BCUT2D eigenvalue weighted by molar-refractivity contribution is -0.181. The number of aliphatic carboxylic acids is 1. The second-order valence-electron chi connectivity index (χ2n) is 7.40. The van der Waals surface area contributed by atoms with Crippen LogP contribution in [0, 0.1) is 5.92 Å². The van der Waals surface area contributed by atoms with E-state index >= 15 is 0 Å². The largest absolute Gasteiger partial charge is 0.479 e. The third-order valence-corrected chi connectivity index (χ3v) is 5.26. The summed E-state index contributed by atoms with van der Waals surface area (Å²) in [6.45, 7) is -2.14. The number of amides is 2. The molecule has 0 saturated heterocycles. The monoisotopic (exact) mass is 466 g/mol. The smallest absolute Gasteiger partial charge is 0.407 e. The first kappa shape index (κ1) is 24.1. The Morgan fingerprint density at radius 2 is 1.48 bits per heavy atom. The van der Waals surface area contributed by atoms with E-state index in [4.69, 9.17) is 14.9 Å². The average Bonchev–Trinajstić information content (AvgIpc) is 3.09. The summed E-state index contributed by atoms with van der Waals surface area (Å²) in [5.74, 6) is -6.22. The van der Waals surface area contributed by atoms with Crippen LogP contribution in [-0.2, 0) is 14.3 Å². The van der Waals surface area contributed by atoms with E-state index in [-0.39, 0.29) is 12.5 Å². The van der Waals surface area contributed by atoms with E-state index in [1.807, 2.05) is 53.8 Å².